The number of hydrogen-bond acceptors (Lipinski definition) is 2. The summed E-state index contributed by atoms with van der Waals surface area (Å²) in [5.74, 6) is 0.700. The second-order valence-corrected chi connectivity index (χ2v) is 4.70. The summed E-state index contributed by atoms with van der Waals surface area (Å²) in [7, 11) is 0. The highest BCUT2D eigenvalue weighted by molar-refractivity contribution is 7.80. The van der Waals surface area contributed by atoms with Crippen molar-refractivity contribution in [3.63, 3.8) is 0 Å². The molecule has 1 atom stereocenters. The molecule has 1 fully saturated rings. The number of hydrogen-bond donors (Lipinski definition) is 2. The maximum atomic E-state index is 10.5. The summed E-state index contributed by atoms with van der Waals surface area (Å²) in [5.41, 5.74) is 0. The van der Waals surface area contributed by atoms with E-state index < -0.39 is 11.2 Å². The van der Waals surface area contributed by atoms with E-state index in [1.54, 1.807) is 0 Å². The molecule has 0 aromatic rings. The third-order valence-corrected chi connectivity index (χ3v) is 3.18. The van der Waals surface area contributed by atoms with Crippen LogP contribution in [-0.4, -0.2) is 28.3 Å². The van der Waals surface area contributed by atoms with Gasteiger partial charge in [0.15, 0.2) is 11.2 Å². The van der Waals surface area contributed by atoms with Gasteiger partial charge in [-0.2, -0.15) is 0 Å². The van der Waals surface area contributed by atoms with E-state index in [4.69, 9.17) is 16.9 Å². The largest absolute Gasteiger partial charge is 0.239 e. The third kappa shape index (κ3) is 4.93. The second-order valence-electron chi connectivity index (χ2n) is 3.33. The number of piperidine rings is 1. The van der Waals surface area contributed by atoms with Crippen LogP contribution in [0.25, 0.3) is 0 Å². The van der Waals surface area contributed by atoms with Gasteiger partial charge in [0.1, 0.15) is 0 Å². The summed E-state index contributed by atoms with van der Waals surface area (Å²) in [6, 6.07) is 0. The molecule has 0 spiro atoms. The standard InChI is InChI=1S/C7H16ClN3OS/c8-11-5-2-7(3-6-11)1-4-10-13(9)12/h7,10H,1-6,9H2. The summed E-state index contributed by atoms with van der Waals surface area (Å²) >= 11 is 4.45. The lowest BCUT2D eigenvalue weighted by Crippen LogP contribution is -2.30. The lowest BCUT2D eigenvalue weighted by atomic mass is 9.95. The van der Waals surface area contributed by atoms with Crippen LogP contribution in [0, 0.1) is 5.92 Å². The van der Waals surface area contributed by atoms with Crippen molar-refractivity contribution >= 4 is 22.9 Å². The molecule has 78 valence electrons. The minimum absolute atomic E-state index is 0.700. The molecule has 0 aromatic heterocycles. The van der Waals surface area contributed by atoms with E-state index >= 15 is 0 Å². The summed E-state index contributed by atoms with van der Waals surface area (Å²) in [4.78, 5) is 0. The van der Waals surface area contributed by atoms with Crippen molar-refractivity contribution in [3.8, 4) is 0 Å². The van der Waals surface area contributed by atoms with Gasteiger partial charge in [-0.05, 0) is 37.0 Å². The van der Waals surface area contributed by atoms with E-state index in [-0.39, 0.29) is 0 Å². The summed E-state index contributed by atoms with van der Waals surface area (Å²) < 4.78 is 15.0. The second kappa shape index (κ2) is 5.93. The van der Waals surface area contributed by atoms with E-state index in [2.05, 4.69) is 4.72 Å². The molecule has 1 aliphatic rings. The molecule has 0 radical (unpaired) electrons. The van der Waals surface area contributed by atoms with E-state index in [1.165, 1.54) is 0 Å². The Balaban J connectivity index is 2.05. The van der Waals surface area contributed by atoms with Gasteiger partial charge in [0.05, 0.1) is 0 Å². The number of rotatable bonds is 4. The average molecular weight is 226 g/mol. The molecule has 0 aromatic carbocycles. The van der Waals surface area contributed by atoms with Crippen molar-refractivity contribution in [2.75, 3.05) is 19.6 Å². The van der Waals surface area contributed by atoms with Crippen molar-refractivity contribution in [2.24, 2.45) is 11.1 Å². The van der Waals surface area contributed by atoms with Crippen LogP contribution in [0.15, 0.2) is 0 Å². The van der Waals surface area contributed by atoms with E-state index in [0.29, 0.717) is 5.92 Å². The molecule has 0 bridgehead atoms. The fourth-order valence-electron chi connectivity index (χ4n) is 1.55. The predicted octanol–water partition coefficient (Wildman–Crippen LogP) is 0.369. The monoisotopic (exact) mass is 225 g/mol. The molecule has 0 amide bonds. The lowest BCUT2D eigenvalue weighted by molar-refractivity contribution is 0.273. The number of halogens is 1. The zero-order chi connectivity index (χ0) is 9.68. The molecular formula is C7H16ClN3OS. The molecule has 1 saturated heterocycles. The smallest absolute Gasteiger partial charge is 0.164 e. The van der Waals surface area contributed by atoms with Gasteiger partial charge in [-0.1, -0.05) is 0 Å². The highest BCUT2D eigenvalue weighted by Crippen LogP contribution is 2.20. The Hall–Kier alpha value is 0.320. The molecule has 1 rings (SSSR count). The maximum Gasteiger partial charge on any atom is 0.164 e. The highest BCUT2D eigenvalue weighted by atomic mass is 35.5. The molecule has 4 nitrogen and oxygen atoms in total. The van der Waals surface area contributed by atoms with Crippen LogP contribution in [0.5, 0.6) is 0 Å². The maximum absolute atomic E-state index is 10.5. The van der Waals surface area contributed by atoms with Gasteiger partial charge in [0.2, 0.25) is 0 Å². The first-order chi connectivity index (χ1) is 6.18. The normalized spacial score (nSPS) is 23.2. The van der Waals surface area contributed by atoms with Crippen LogP contribution in [0.4, 0.5) is 0 Å². The van der Waals surface area contributed by atoms with Crippen LogP contribution in [0.3, 0.4) is 0 Å². The minimum atomic E-state index is -1.36. The van der Waals surface area contributed by atoms with Crippen LogP contribution in [-0.2, 0) is 11.2 Å². The Morgan fingerprint density at radius 2 is 2.15 bits per heavy atom. The van der Waals surface area contributed by atoms with E-state index in [1.807, 2.05) is 4.42 Å². The molecule has 0 aliphatic carbocycles. The minimum Gasteiger partial charge on any atom is -0.239 e. The first kappa shape index (κ1) is 11.4. The van der Waals surface area contributed by atoms with Gasteiger partial charge < -0.3 is 0 Å². The summed E-state index contributed by atoms with van der Waals surface area (Å²) in [6.07, 6.45) is 3.29. The summed E-state index contributed by atoms with van der Waals surface area (Å²) in [5, 5.41) is 5.06. The molecule has 1 unspecified atom stereocenters. The quantitative estimate of drug-likeness (QED) is 0.680. The van der Waals surface area contributed by atoms with Gasteiger partial charge >= 0.3 is 0 Å². The zero-order valence-electron chi connectivity index (χ0n) is 7.54. The molecule has 6 heteroatoms. The van der Waals surface area contributed by atoms with E-state index in [0.717, 1.165) is 38.9 Å². The van der Waals surface area contributed by atoms with E-state index in [9.17, 15) is 4.21 Å². The van der Waals surface area contributed by atoms with Crippen molar-refractivity contribution in [2.45, 2.75) is 19.3 Å². The highest BCUT2D eigenvalue weighted by Gasteiger charge is 2.17. The van der Waals surface area contributed by atoms with Gasteiger partial charge in [0, 0.05) is 19.6 Å². The number of nitrogens with two attached hydrogens (primary N) is 1. The van der Waals surface area contributed by atoms with Gasteiger partial charge in [-0.15, -0.1) is 0 Å². The molecule has 13 heavy (non-hydrogen) atoms. The Kier molecular flexibility index (Phi) is 5.20. The molecule has 1 heterocycles. The third-order valence-electron chi connectivity index (χ3n) is 2.36. The predicted molar refractivity (Wildman–Crippen MR) is 55.1 cm³/mol. The Morgan fingerprint density at radius 1 is 1.54 bits per heavy atom. The SMILES string of the molecule is NS(=O)NCCC1CCN(Cl)CC1. The summed E-state index contributed by atoms with van der Waals surface area (Å²) in [6.45, 7) is 2.64. The zero-order valence-corrected chi connectivity index (χ0v) is 9.11. The van der Waals surface area contributed by atoms with Gasteiger partial charge in [-0.25, -0.2) is 18.5 Å². The Morgan fingerprint density at radius 3 is 2.69 bits per heavy atom. The molecule has 0 saturated carbocycles. The Bertz CT molecular complexity index is 173. The number of nitrogens with zero attached hydrogens (tertiary/aromatic N) is 1. The van der Waals surface area contributed by atoms with Crippen LogP contribution in [0.2, 0.25) is 0 Å². The average Bonchev–Trinajstić information content (AvgIpc) is 2.08. The fraction of sp³-hybridized carbons (Fsp3) is 1.00. The van der Waals surface area contributed by atoms with Crippen molar-refractivity contribution in [3.05, 3.63) is 0 Å². The molecule has 3 N–H and O–H groups in total. The van der Waals surface area contributed by atoms with Crippen LogP contribution in [0.1, 0.15) is 19.3 Å². The molecule has 1 aliphatic heterocycles. The van der Waals surface area contributed by atoms with Crippen molar-refractivity contribution in [1.29, 1.82) is 0 Å². The van der Waals surface area contributed by atoms with Gasteiger partial charge in [-0.3, -0.25) is 0 Å². The fourth-order valence-corrected chi connectivity index (χ4v) is 2.07. The van der Waals surface area contributed by atoms with Crippen molar-refractivity contribution in [1.82, 2.24) is 9.14 Å². The number of nitrogens with one attached hydrogen (secondary N) is 1. The van der Waals surface area contributed by atoms with Gasteiger partial charge in [0.25, 0.3) is 0 Å². The first-order valence-corrected chi connectivity index (χ1v) is 6.04. The molecular weight excluding hydrogens is 210 g/mol. The van der Waals surface area contributed by atoms with Crippen LogP contribution < -0.4 is 9.86 Å². The van der Waals surface area contributed by atoms with Crippen LogP contribution >= 0.6 is 11.8 Å². The Labute approximate surface area is 86.6 Å². The van der Waals surface area contributed by atoms with Crippen molar-refractivity contribution < 1.29 is 4.21 Å². The topological polar surface area (TPSA) is 58.4 Å². The lowest BCUT2D eigenvalue weighted by Gasteiger charge is -2.26. The first-order valence-electron chi connectivity index (χ1n) is 4.49.